The molecular formula is C20H20N6O4S. The van der Waals surface area contributed by atoms with Crippen molar-refractivity contribution in [3.8, 4) is 5.69 Å². The molecule has 160 valence electrons. The molecule has 0 saturated carbocycles. The van der Waals surface area contributed by atoms with Crippen LogP contribution >= 0.6 is 0 Å². The molecule has 0 fully saturated rings. The van der Waals surface area contributed by atoms with Crippen molar-refractivity contribution in [3.05, 3.63) is 66.2 Å². The van der Waals surface area contributed by atoms with E-state index in [0.29, 0.717) is 29.9 Å². The lowest BCUT2D eigenvalue weighted by Crippen LogP contribution is -2.32. The van der Waals surface area contributed by atoms with Crippen LogP contribution in [0.3, 0.4) is 0 Å². The fraction of sp³-hybridized carbons (Fsp3) is 0.200. The van der Waals surface area contributed by atoms with Crippen molar-refractivity contribution < 1.29 is 18.0 Å². The fourth-order valence-corrected chi connectivity index (χ4v) is 4.32. The highest BCUT2D eigenvalue weighted by molar-refractivity contribution is 7.92. The standard InChI is InChI=1S/C20H20N6O4S/c1-31(29,30)26-9-8-14-10-15(2-7-18(14)26)20(28)22-11-19(27)24-16-3-5-17(6-4-16)25-13-21-12-23-25/h2-7,10,12-13H,8-9,11H2,1H3,(H,22,28)(H,24,27). The Bertz CT molecular complexity index is 1220. The molecule has 3 aromatic rings. The normalized spacial score (nSPS) is 13.0. The lowest BCUT2D eigenvalue weighted by atomic mass is 10.1. The second kappa shape index (κ2) is 8.19. The molecule has 2 amide bonds. The third kappa shape index (κ3) is 4.56. The van der Waals surface area contributed by atoms with Crippen LogP contribution in [-0.2, 0) is 21.2 Å². The molecule has 1 aliphatic heterocycles. The van der Waals surface area contributed by atoms with Crippen LogP contribution in [0.15, 0.2) is 55.1 Å². The minimum Gasteiger partial charge on any atom is -0.343 e. The van der Waals surface area contributed by atoms with Gasteiger partial charge in [-0.25, -0.2) is 18.1 Å². The van der Waals surface area contributed by atoms with E-state index < -0.39 is 15.9 Å². The van der Waals surface area contributed by atoms with Crippen molar-refractivity contribution in [1.29, 1.82) is 0 Å². The summed E-state index contributed by atoms with van der Waals surface area (Å²) >= 11 is 0. The van der Waals surface area contributed by atoms with E-state index in [9.17, 15) is 18.0 Å². The van der Waals surface area contributed by atoms with Crippen molar-refractivity contribution >= 4 is 33.2 Å². The van der Waals surface area contributed by atoms with E-state index in [1.165, 1.54) is 10.6 Å². The summed E-state index contributed by atoms with van der Waals surface area (Å²) in [6, 6.07) is 11.9. The molecular weight excluding hydrogens is 420 g/mol. The van der Waals surface area contributed by atoms with Gasteiger partial charge < -0.3 is 10.6 Å². The van der Waals surface area contributed by atoms with Crippen LogP contribution in [0.1, 0.15) is 15.9 Å². The molecule has 1 aromatic heterocycles. The highest BCUT2D eigenvalue weighted by atomic mass is 32.2. The summed E-state index contributed by atoms with van der Waals surface area (Å²) < 4.78 is 26.6. The first-order chi connectivity index (χ1) is 14.8. The van der Waals surface area contributed by atoms with E-state index >= 15 is 0 Å². The van der Waals surface area contributed by atoms with E-state index in [2.05, 4.69) is 20.7 Å². The minimum atomic E-state index is -3.34. The van der Waals surface area contributed by atoms with Gasteiger partial charge in [-0.2, -0.15) is 5.10 Å². The maximum Gasteiger partial charge on any atom is 0.251 e. The summed E-state index contributed by atoms with van der Waals surface area (Å²) in [6.07, 6.45) is 4.69. The Balaban J connectivity index is 1.33. The van der Waals surface area contributed by atoms with Gasteiger partial charge in [0.05, 0.1) is 24.2 Å². The first-order valence-electron chi connectivity index (χ1n) is 9.45. The summed E-state index contributed by atoms with van der Waals surface area (Å²) in [7, 11) is -3.34. The van der Waals surface area contributed by atoms with E-state index in [1.54, 1.807) is 53.5 Å². The molecule has 0 unspecified atom stereocenters. The highest BCUT2D eigenvalue weighted by Crippen LogP contribution is 2.30. The van der Waals surface area contributed by atoms with Gasteiger partial charge >= 0.3 is 0 Å². The Hall–Kier alpha value is -3.73. The maximum absolute atomic E-state index is 12.4. The zero-order chi connectivity index (χ0) is 22.0. The topological polar surface area (TPSA) is 126 Å². The summed E-state index contributed by atoms with van der Waals surface area (Å²) in [5.41, 5.74) is 3.14. The van der Waals surface area contributed by atoms with Crippen LogP contribution in [0.25, 0.3) is 5.69 Å². The van der Waals surface area contributed by atoms with Crippen molar-refractivity contribution in [1.82, 2.24) is 20.1 Å². The highest BCUT2D eigenvalue weighted by Gasteiger charge is 2.26. The zero-order valence-corrected chi connectivity index (χ0v) is 17.5. The number of nitrogens with one attached hydrogen (secondary N) is 2. The number of aromatic nitrogens is 3. The quantitative estimate of drug-likeness (QED) is 0.588. The Labute approximate surface area is 178 Å². The van der Waals surface area contributed by atoms with Crippen molar-refractivity contribution in [2.75, 3.05) is 29.0 Å². The van der Waals surface area contributed by atoms with Gasteiger partial charge in [-0.15, -0.1) is 0 Å². The number of carbonyl (C=O) groups is 2. The average Bonchev–Trinajstić information content (AvgIpc) is 3.41. The van der Waals surface area contributed by atoms with E-state index in [1.807, 2.05) is 0 Å². The molecule has 2 heterocycles. The van der Waals surface area contributed by atoms with Crippen molar-refractivity contribution in [3.63, 3.8) is 0 Å². The van der Waals surface area contributed by atoms with Gasteiger partial charge in [0, 0.05) is 17.8 Å². The summed E-state index contributed by atoms with van der Waals surface area (Å²) in [4.78, 5) is 28.5. The Kier molecular flexibility index (Phi) is 5.42. The number of nitrogens with zero attached hydrogens (tertiary/aromatic N) is 4. The molecule has 10 nitrogen and oxygen atoms in total. The van der Waals surface area contributed by atoms with E-state index in [-0.39, 0.29) is 12.5 Å². The van der Waals surface area contributed by atoms with E-state index in [0.717, 1.165) is 17.5 Å². The molecule has 2 aromatic carbocycles. The van der Waals surface area contributed by atoms with Gasteiger partial charge in [-0.05, 0) is 54.4 Å². The average molecular weight is 440 g/mol. The zero-order valence-electron chi connectivity index (χ0n) is 16.6. The predicted octanol–water partition coefficient (Wildman–Crippen LogP) is 0.958. The second-order valence-corrected chi connectivity index (χ2v) is 8.95. The number of hydrogen-bond donors (Lipinski definition) is 2. The molecule has 1 aliphatic rings. The van der Waals surface area contributed by atoms with E-state index in [4.69, 9.17) is 0 Å². The molecule has 0 aliphatic carbocycles. The Morgan fingerprint density at radius 3 is 2.58 bits per heavy atom. The van der Waals surface area contributed by atoms with Crippen molar-refractivity contribution in [2.24, 2.45) is 0 Å². The van der Waals surface area contributed by atoms with Gasteiger partial charge in [0.2, 0.25) is 15.9 Å². The number of hydrogen-bond acceptors (Lipinski definition) is 6. The second-order valence-electron chi connectivity index (χ2n) is 7.05. The Morgan fingerprint density at radius 2 is 1.90 bits per heavy atom. The van der Waals surface area contributed by atoms with Crippen LogP contribution in [0.2, 0.25) is 0 Å². The third-order valence-electron chi connectivity index (χ3n) is 4.84. The molecule has 0 radical (unpaired) electrons. The molecule has 0 spiro atoms. The van der Waals surface area contributed by atoms with Gasteiger partial charge in [0.15, 0.2) is 0 Å². The lowest BCUT2D eigenvalue weighted by Gasteiger charge is -2.16. The maximum atomic E-state index is 12.4. The molecule has 4 rings (SSSR count). The molecule has 0 atom stereocenters. The van der Waals surface area contributed by atoms with Crippen LogP contribution in [0.5, 0.6) is 0 Å². The number of sulfonamides is 1. The fourth-order valence-electron chi connectivity index (χ4n) is 3.36. The SMILES string of the molecule is CS(=O)(=O)N1CCc2cc(C(=O)NCC(=O)Nc3ccc(-n4cncn4)cc3)ccc21. The largest absolute Gasteiger partial charge is 0.343 e. The van der Waals surface area contributed by atoms with Crippen LogP contribution in [-0.4, -0.2) is 54.3 Å². The van der Waals surface area contributed by atoms with Gasteiger partial charge in [0.1, 0.15) is 12.7 Å². The monoisotopic (exact) mass is 440 g/mol. The van der Waals surface area contributed by atoms with Gasteiger partial charge in [-0.1, -0.05) is 0 Å². The van der Waals surface area contributed by atoms with Gasteiger partial charge in [-0.3, -0.25) is 13.9 Å². The molecule has 11 heteroatoms. The first-order valence-corrected chi connectivity index (χ1v) is 11.3. The van der Waals surface area contributed by atoms with Crippen LogP contribution in [0, 0.1) is 0 Å². The smallest absolute Gasteiger partial charge is 0.251 e. The number of rotatable bonds is 6. The summed E-state index contributed by atoms with van der Waals surface area (Å²) in [6.45, 7) is 0.160. The number of carbonyl (C=O) groups excluding carboxylic acids is 2. The molecule has 2 N–H and O–H groups in total. The first kappa shape index (κ1) is 20.5. The van der Waals surface area contributed by atoms with Crippen LogP contribution in [0.4, 0.5) is 11.4 Å². The Morgan fingerprint density at radius 1 is 1.13 bits per heavy atom. The summed E-state index contributed by atoms with van der Waals surface area (Å²) in [5.74, 6) is -0.774. The molecule has 0 bridgehead atoms. The van der Waals surface area contributed by atoms with Crippen LogP contribution < -0.4 is 14.9 Å². The van der Waals surface area contributed by atoms with Gasteiger partial charge in [0.25, 0.3) is 5.91 Å². The molecule has 31 heavy (non-hydrogen) atoms. The number of fused-ring (bicyclic) bond motifs is 1. The molecule has 0 saturated heterocycles. The third-order valence-corrected chi connectivity index (χ3v) is 6.02. The number of benzene rings is 2. The van der Waals surface area contributed by atoms with Crippen molar-refractivity contribution in [2.45, 2.75) is 6.42 Å². The number of anilines is 2. The minimum absolute atomic E-state index is 0.198. The predicted molar refractivity (Wildman–Crippen MR) is 115 cm³/mol. The lowest BCUT2D eigenvalue weighted by molar-refractivity contribution is -0.115. The summed E-state index contributed by atoms with van der Waals surface area (Å²) in [5, 5.41) is 9.32. The number of amides is 2.